The highest BCUT2D eigenvalue weighted by molar-refractivity contribution is 6.62. The molecule has 5 atom stereocenters. The van der Waals surface area contributed by atoms with Crippen molar-refractivity contribution in [2.24, 2.45) is 23.7 Å². The molecule has 1 aromatic carbocycles. The smallest absolute Gasteiger partial charge is 0.399 e. The van der Waals surface area contributed by atoms with E-state index in [2.05, 4.69) is 75.7 Å². The number of aromatic nitrogens is 2. The van der Waals surface area contributed by atoms with Gasteiger partial charge < -0.3 is 19.2 Å². The highest BCUT2D eigenvalue weighted by atomic mass is 16.7. The predicted octanol–water partition coefficient (Wildman–Crippen LogP) is 3.55. The lowest BCUT2D eigenvalue weighted by Gasteiger charge is -2.32. The van der Waals surface area contributed by atoms with E-state index in [-0.39, 0.29) is 30.3 Å². The summed E-state index contributed by atoms with van der Waals surface area (Å²) >= 11 is 0. The molecular weight excluding hydrogens is 401 g/mol. The zero-order valence-electron chi connectivity index (χ0n) is 19.8. The Bertz CT molecular complexity index is 1050. The van der Waals surface area contributed by atoms with Crippen LogP contribution < -0.4 is 5.46 Å². The number of nitrogens with zero attached hydrogens (tertiary/aromatic N) is 2. The van der Waals surface area contributed by atoms with Crippen LogP contribution in [0.1, 0.15) is 59.8 Å². The lowest BCUT2D eigenvalue weighted by atomic mass is 9.79. The van der Waals surface area contributed by atoms with E-state index in [0.717, 1.165) is 34.4 Å². The standard InChI is InChI=1S/C25H32BN3O3/c1-13(2)11-17(30)29-21-18-19(21)20(18)22(29)23-27-12-16(28-23)14-7-9-15(10-8-14)26-31-24(3,4)25(5,6)32-26/h7-10,12-13,18-22H,11H2,1-6H3,(H,27,28)/t18-,19?,20?,21?,22+/m1/s1. The first-order chi connectivity index (χ1) is 15.1. The maximum absolute atomic E-state index is 12.9. The number of amides is 1. The van der Waals surface area contributed by atoms with Crippen LogP contribution in [-0.4, -0.2) is 45.1 Å². The third kappa shape index (κ3) is 2.86. The number of carbonyl (C=O) groups is 1. The van der Waals surface area contributed by atoms with Crippen LogP contribution in [0, 0.1) is 23.7 Å². The third-order valence-corrected chi connectivity index (χ3v) is 8.32. The molecule has 5 fully saturated rings. The fourth-order valence-electron chi connectivity index (χ4n) is 5.72. The molecule has 32 heavy (non-hydrogen) atoms. The van der Waals surface area contributed by atoms with Gasteiger partial charge in [0.1, 0.15) is 5.82 Å². The van der Waals surface area contributed by atoms with Crippen LogP contribution in [0.25, 0.3) is 11.3 Å². The van der Waals surface area contributed by atoms with Crippen LogP contribution in [0.15, 0.2) is 30.5 Å². The van der Waals surface area contributed by atoms with Gasteiger partial charge in [-0.15, -0.1) is 0 Å². The van der Waals surface area contributed by atoms with Crippen LogP contribution in [0.2, 0.25) is 0 Å². The minimum absolute atomic E-state index is 0.124. The number of benzene rings is 1. The van der Waals surface area contributed by atoms with Crippen molar-refractivity contribution in [1.82, 2.24) is 14.9 Å². The van der Waals surface area contributed by atoms with Gasteiger partial charge in [0.05, 0.1) is 29.1 Å². The van der Waals surface area contributed by atoms with Crippen LogP contribution in [-0.2, 0) is 14.1 Å². The van der Waals surface area contributed by atoms with Crippen LogP contribution in [0.4, 0.5) is 0 Å². The number of aromatic amines is 1. The number of piperidine rings is 1. The minimum Gasteiger partial charge on any atom is -0.399 e. The largest absolute Gasteiger partial charge is 0.494 e. The van der Waals surface area contributed by atoms with E-state index >= 15 is 0 Å². The molecule has 1 aromatic heterocycles. The number of imidazole rings is 1. The van der Waals surface area contributed by atoms with Gasteiger partial charge in [-0.3, -0.25) is 4.79 Å². The summed E-state index contributed by atoms with van der Waals surface area (Å²) in [5.74, 6) is 3.66. The Morgan fingerprint density at radius 1 is 1.09 bits per heavy atom. The Kier molecular flexibility index (Phi) is 4.15. The molecule has 168 valence electrons. The van der Waals surface area contributed by atoms with Crippen LogP contribution in [0.3, 0.4) is 0 Å². The maximum atomic E-state index is 12.9. The lowest BCUT2D eigenvalue weighted by Crippen LogP contribution is -2.41. The van der Waals surface area contributed by atoms with E-state index in [4.69, 9.17) is 14.3 Å². The molecule has 5 aliphatic rings. The average Bonchev–Trinajstić information content (AvgIpc) is 3.34. The normalized spacial score (nSPS) is 33.0. The number of rotatable bonds is 5. The van der Waals surface area contributed by atoms with Gasteiger partial charge in [0, 0.05) is 12.5 Å². The monoisotopic (exact) mass is 433 g/mol. The van der Waals surface area contributed by atoms with Crippen molar-refractivity contribution >= 4 is 18.5 Å². The van der Waals surface area contributed by atoms with E-state index in [1.165, 1.54) is 0 Å². The number of nitrogens with one attached hydrogen (secondary N) is 1. The fourth-order valence-corrected chi connectivity index (χ4v) is 5.72. The molecule has 2 bridgehead atoms. The maximum Gasteiger partial charge on any atom is 0.494 e. The molecule has 2 saturated carbocycles. The number of hydrogen-bond acceptors (Lipinski definition) is 4. The van der Waals surface area contributed by atoms with Crippen molar-refractivity contribution in [3.05, 3.63) is 36.3 Å². The minimum atomic E-state index is -0.361. The van der Waals surface area contributed by atoms with E-state index in [9.17, 15) is 4.79 Å². The van der Waals surface area contributed by atoms with Gasteiger partial charge >= 0.3 is 7.12 Å². The molecule has 1 amide bonds. The molecule has 2 aliphatic carbocycles. The zero-order valence-corrected chi connectivity index (χ0v) is 19.8. The Morgan fingerprint density at radius 3 is 2.31 bits per heavy atom. The lowest BCUT2D eigenvalue weighted by molar-refractivity contribution is -0.133. The molecular formula is C25H32BN3O3. The zero-order chi connectivity index (χ0) is 22.6. The fraction of sp³-hybridized carbons (Fsp3) is 0.600. The molecule has 3 unspecified atom stereocenters. The van der Waals surface area contributed by atoms with Crippen LogP contribution >= 0.6 is 0 Å². The van der Waals surface area contributed by atoms with Crippen LogP contribution in [0.5, 0.6) is 0 Å². The van der Waals surface area contributed by atoms with Gasteiger partial charge in [-0.1, -0.05) is 38.1 Å². The Balaban J connectivity index is 1.20. The second kappa shape index (κ2) is 6.48. The van der Waals surface area contributed by atoms with E-state index in [1.807, 2.05) is 6.20 Å². The highest BCUT2D eigenvalue weighted by Crippen LogP contribution is 2.81. The first kappa shape index (κ1) is 20.5. The molecule has 6 nitrogen and oxygen atoms in total. The van der Waals surface area contributed by atoms with Gasteiger partial charge in [0.25, 0.3) is 0 Å². The summed E-state index contributed by atoms with van der Waals surface area (Å²) in [5, 5.41) is 0. The van der Waals surface area contributed by atoms with Crippen molar-refractivity contribution in [1.29, 1.82) is 0 Å². The Hall–Kier alpha value is -2.12. The topological polar surface area (TPSA) is 67.5 Å². The number of H-pyrrole nitrogens is 1. The Morgan fingerprint density at radius 2 is 1.72 bits per heavy atom. The third-order valence-electron chi connectivity index (χ3n) is 8.32. The number of carbonyl (C=O) groups excluding carboxylic acids is 1. The number of hydrogen-bond donors (Lipinski definition) is 1. The molecule has 0 radical (unpaired) electrons. The average molecular weight is 433 g/mol. The quantitative estimate of drug-likeness (QED) is 0.733. The first-order valence-corrected chi connectivity index (χ1v) is 11.9. The molecule has 0 spiro atoms. The molecule has 3 aliphatic heterocycles. The van der Waals surface area contributed by atoms with Gasteiger partial charge in [-0.2, -0.15) is 0 Å². The van der Waals surface area contributed by atoms with Gasteiger partial charge in [0.2, 0.25) is 5.91 Å². The Labute approximate surface area is 190 Å². The summed E-state index contributed by atoms with van der Waals surface area (Å²) in [5.41, 5.74) is 2.37. The molecule has 7 rings (SSSR count). The summed E-state index contributed by atoms with van der Waals surface area (Å²) in [7, 11) is -0.361. The molecule has 7 heteroatoms. The molecule has 4 heterocycles. The summed E-state index contributed by atoms with van der Waals surface area (Å²) < 4.78 is 12.3. The molecule has 2 aromatic rings. The second-order valence-electron chi connectivity index (χ2n) is 11.5. The van der Waals surface area contributed by atoms with E-state index < -0.39 is 0 Å². The van der Waals surface area contributed by atoms with Crippen molar-refractivity contribution in [3.63, 3.8) is 0 Å². The van der Waals surface area contributed by atoms with Gasteiger partial charge in [-0.25, -0.2) is 4.98 Å². The first-order valence-electron chi connectivity index (χ1n) is 11.9. The van der Waals surface area contributed by atoms with Crippen molar-refractivity contribution in [2.75, 3.05) is 0 Å². The predicted molar refractivity (Wildman–Crippen MR) is 123 cm³/mol. The molecule has 1 N–H and O–H groups in total. The summed E-state index contributed by atoms with van der Waals surface area (Å²) in [6, 6.07) is 8.89. The van der Waals surface area contributed by atoms with E-state index in [0.29, 0.717) is 24.3 Å². The number of fused-ring (bicyclic) bond motifs is 1. The summed E-state index contributed by atoms with van der Waals surface area (Å²) in [6.07, 6.45) is 2.52. The van der Waals surface area contributed by atoms with Crippen molar-refractivity contribution < 1.29 is 14.1 Å². The highest BCUT2D eigenvalue weighted by Gasteiger charge is 2.85. The molecule has 3 saturated heterocycles. The second-order valence-corrected chi connectivity index (χ2v) is 11.5. The van der Waals surface area contributed by atoms with Gasteiger partial charge in [0.15, 0.2) is 0 Å². The van der Waals surface area contributed by atoms with E-state index in [1.54, 1.807) is 0 Å². The van der Waals surface area contributed by atoms with Gasteiger partial charge in [-0.05, 0) is 62.4 Å². The van der Waals surface area contributed by atoms with Crippen molar-refractivity contribution in [2.45, 2.75) is 71.2 Å². The summed E-state index contributed by atoms with van der Waals surface area (Å²) in [6.45, 7) is 12.5. The van der Waals surface area contributed by atoms with Crippen molar-refractivity contribution in [3.8, 4) is 11.3 Å². The summed E-state index contributed by atoms with van der Waals surface area (Å²) in [4.78, 5) is 23.3. The SMILES string of the molecule is CC(C)CC(=O)N1C2C3C([C@@H]32)[C@H]1c1ncc(-c2ccc(B3OC(C)(C)C(C)(C)O3)cc2)[nH]1.